The van der Waals surface area contributed by atoms with Crippen molar-refractivity contribution < 1.29 is 18.2 Å². The molecule has 0 saturated heterocycles. The Morgan fingerprint density at radius 3 is 2.57 bits per heavy atom. The highest BCUT2D eigenvalue weighted by Gasteiger charge is 2.26. The van der Waals surface area contributed by atoms with Crippen molar-refractivity contribution in [1.29, 1.82) is 0 Å². The molecule has 3 heterocycles. The minimum Gasteiger partial charge on any atom is -0.396 e. The van der Waals surface area contributed by atoms with E-state index >= 15 is 0 Å². The van der Waals surface area contributed by atoms with Crippen molar-refractivity contribution >= 4 is 52.2 Å². The van der Waals surface area contributed by atoms with Gasteiger partial charge >= 0.3 is 5.82 Å². The minimum atomic E-state index is -1.34. The first-order valence-corrected chi connectivity index (χ1v) is 11.5. The lowest BCUT2D eigenvalue weighted by Crippen LogP contribution is -2.34. The molecule has 1 aromatic carbocycles. The second-order valence-corrected chi connectivity index (χ2v) is 9.17. The molecule has 3 aromatic heterocycles. The molecule has 0 radical (unpaired) electrons. The summed E-state index contributed by atoms with van der Waals surface area (Å²) in [5.74, 6) is 0.00653. The number of halogens is 3. The summed E-state index contributed by atoms with van der Waals surface area (Å²) in [4.78, 5) is 30.4. The normalized spacial score (nSPS) is 11.2. The van der Waals surface area contributed by atoms with E-state index in [2.05, 4.69) is 10.1 Å². The van der Waals surface area contributed by atoms with Gasteiger partial charge < -0.3 is 23.2 Å². The molecule has 0 spiro atoms. The molecule has 0 N–H and O–H groups in total. The number of carbonyl (C=O) groups is 1. The molecule has 182 valence electrons. The van der Waals surface area contributed by atoms with Crippen LogP contribution in [-0.2, 0) is 11.3 Å². The monoisotopic (exact) mass is 536 g/mol. The molecule has 0 atom stereocenters. The molecule has 9 nitrogen and oxygen atoms in total. The smallest absolute Gasteiger partial charge is 0.396 e. The van der Waals surface area contributed by atoms with E-state index in [-0.39, 0.29) is 18.1 Å². The van der Waals surface area contributed by atoms with Gasteiger partial charge in [-0.05, 0) is 25.1 Å². The maximum absolute atomic E-state index is 12.8. The molecule has 0 fully saturated rings. The third-order valence-electron chi connectivity index (χ3n) is 5.10. The van der Waals surface area contributed by atoms with Gasteiger partial charge in [0.15, 0.2) is 16.4 Å². The topological polar surface area (TPSA) is 106 Å². The molecule has 4 rings (SSSR count). The van der Waals surface area contributed by atoms with E-state index in [0.29, 0.717) is 39.1 Å². The zero-order chi connectivity index (χ0) is 25.3. The van der Waals surface area contributed by atoms with Crippen LogP contribution in [-0.4, -0.2) is 35.0 Å². The van der Waals surface area contributed by atoms with E-state index in [0.717, 1.165) is 0 Å². The van der Waals surface area contributed by atoms with Crippen LogP contribution in [0.25, 0.3) is 22.6 Å². The molecule has 0 aliphatic rings. The van der Waals surface area contributed by atoms with Crippen LogP contribution in [0, 0.1) is 6.92 Å². The van der Waals surface area contributed by atoms with E-state index in [4.69, 9.17) is 48.2 Å². The van der Waals surface area contributed by atoms with Crippen molar-refractivity contribution in [3.63, 3.8) is 0 Å². The Labute approximate surface area is 214 Å². The summed E-state index contributed by atoms with van der Waals surface area (Å²) >= 11 is 18.2. The number of hydrogen-bond donors (Lipinski definition) is 0. The van der Waals surface area contributed by atoms with Crippen LogP contribution in [0.5, 0.6) is 0 Å². The average Bonchev–Trinajstić information content (AvgIpc) is 3.42. The highest BCUT2D eigenvalue weighted by molar-refractivity contribution is 6.54. The second-order valence-electron chi connectivity index (χ2n) is 7.67. The summed E-state index contributed by atoms with van der Waals surface area (Å²) in [7, 11) is 3.70. The number of alkyl halides is 2. The van der Waals surface area contributed by atoms with Crippen LogP contribution in [0.2, 0.25) is 5.02 Å². The van der Waals surface area contributed by atoms with Gasteiger partial charge in [-0.25, -0.2) is 9.78 Å². The zero-order valence-corrected chi connectivity index (χ0v) is 21.1. The van der Waals surface area contributed by atoms with E-state index in [1.54, 1.807) is 49.5 Å². The van der Waals surface area contributed by atoms with Crippen molar-refractivity contribution in [2.24, 2.45) is 0 Å². The van der Waals surface area contributed by atoms with E-state index < -0.39 is 16.6 Å². The van der Waals surface area contributed by atoms with Gasteiger partial charge in [0.2, 0.25) is 0 Å². The number of hydrogen-bond acceptors (Lipinski definition) is 8. The number of amides is 1. The van der Waals surface area contributed by atoms with Gasteiger partial charge in [0.05, 0.1) is 17.1 Å². The van der Waals surface area contributed by atoms with Crippen molar-refractivity contribution in [3.05, 3.63) is 69.8 Å². The van der Waals surface area contributed by atoms with Crippen LogP contribution in [0.3, 0.4) is 0 Å². The van der Waals surface area contributed by atoms with Gasteiger partial charge in [0.25, 0.3) is 5.91 Å². The van der Waals surface area contributed by atoms with Crippen LogP contribution < -0.4 is 15.6 Å². The quantitative estimate of drug-likeness (QED) is 0.292. The largest absolute Gasteiger partial charge is 0.519 e. The number of nitrogens with zero attached hydrogens (tertiary/aromatic N) is 4. The Hall–Kier alpha value is -3.27. The summed E-state index contributed by atoms with van der Waals surface area (Å²) in [5.41, 5.74) is 2.18. The van der Waals surface area contributed by atoms with E-state index in [1.165, 1.54) is 4.90 Å². The number of aryl methyl sites for hydroxylation is 1. The zero-order valence-electron chi connectivity index (χ0n) is 18.8. The fourth-order valence-corrected chi connectivity index (χ4v) is 3.91. The maximum atomic E-state index is 12.8. The summed E-state index contributed by atoms with van der Waals surface area (Å²) < 4.78 is 15.5. The van der Waals surface area contributed by atoms with Crippen molar-refractivity contribution in [2.45, 2.75) is 18.3 Å². The van der Waals surface area contributed by atoms with Crippen molar-refractivity contribution in [3.8, 4) is 22.6 Å². The summed E-state index contributed by atoms with van der Waals surface area (Å²) in [5, 5.41) is 4.65. The molecular weight excluding hydrogens is 519 g/mol. The van der Waals surface area contributed by atoms with Crippen LogP contribution in [0.4, 0.5) is 11.5 Å². The van der Waals surface area contributed by atoms with Gasteiger partial charge in [0.1, 0.15) is 17.3 Å². The lowest BCUT2D eigenvalue weighted by atomic mass is 10.1. The van der Waals surface area contributed by atoms with E-state index in [9.17, 15) is 9.59 Å². The first-order chi connectivity index (χ1) is 16.7. The Morgan fingerprint density at radius 2 is 1.91 bits per heavy atom. The molecule has 0 unspecified atom stereocenters. The number of aromatic nitrogens is 2. The van der Waals surface area contributed by atoms with Crippen molar-refractivity contribution in [2.75, 3.05) is 23.9 Å². The number of carbonyl (C=O) groups excluding carboxylic acids is 1. The molecule has 0 bridgehead atoms. The molecule has 0 aliphatic heterocycles. The molecular formula is C23H19Cl3N4O5. The Kier molecular flexibility index (Phi) is 7.20. The Bertz CT molecular complexity index is 1430. The van der Waals surface area contributed by atoms with Crippen LogP contribution in [0.1, 0.15) is 11.5 Å². The highest BCUT2D eigenvalue weighted by atomic mass is 35.5. The van der Waals surface area contributed by atoms with Gasteiger partial charge in [-0.2, -0.15) is 0 Å². The third-order valence-corrected chi connectivity index (χ3v) is 5.79. The first-order valence-electron chi connectivity index (χ1n) is 10.2. The number of anilines is 2. The second kappa shape index (κ2) is 10.2. The Morgan fingerprint density at radius 1 is 1.14 bits per heavy atom. The SMILES string of the molecule is Cc1oc(=O)oc1CN(C(=O)C(Cl)Cl)c1cccc(-c2cc(-c3c(Cl)ccnc3N(C)C)no2)c1. The predicted octanol–water partition coefficient (Wildman–Crippen LogP) is 5.31. The molecule has 0 saturated carbocycles. The third kappa shape index (κ3) is 5.22. The number of rotatable bonds is 7. The van der Waals surface area contributed by atoms with Crippen LogP contribution in [0.15, 0.2) is 60.7 Å². The molecule has 4 aromatic rings. The highest BCUT2D eigenvalue weighted by Crippen LogP contribution is 2.36. The molecule has 1 amide bonds. The van der Waals surface area contributed by atoms with E-state index in [1.807, 2.05) is 19.0 Å². The Balaban J connectivity index is 1.72. The average molecular weight is 538 g/mol. The van der Waals surface area contributed by atoms with Gasteiger partial charge in [-0.1, -0.05) is 52.1 Å². The van der Waals surface area contributed by atoms with Gasteiger partial charge in [0, 0.05) is 37.6 Å². The lowest BCUT2D eigenvalue weighted by molar-refractivity contribution is -0.117. The molecule has 35 heavy (non-hydrogen) atoms. The molecule has 12 heteroatoms. The standard InChI is InChI=1S/C23H19Cl3N4O5/c1-12-18(34-23(32)33-12)11-30(22(31)20(25)26)14-6-4-5-13(9-14)17-10-16(28-35-17)19-15(24)7-8-27-21(19)29(2)3/h4-10,20H,11H2,1-3H3. The predicted molar refractivity (Wildman–Crippen MR) is 133 cm³/mol. The van der Waals surface area contributed by atoms with Gasteiger partial charge in [-0.15, -0.1) is 0 Å². The first kappa shape index (κ1) is 24.8. The fourth-order valence-electron chi connectivity index (χ4n) is 3.44. The summed E-state index contributed by atoms with van der Waals surface area (Å²) in [6.45, 7) is 1.44. The van der Waals surface area contributed by atoms with Crippen LogP contribution >= 0.6 is 34.8 Å². The number of pyridine rings is 1. The van der Waals surface area contributed by atoms with Gasteiger partial charge in [-0.3, -0.25) is 4.79 Å². The van der Waals surface area contributed by atoms with Crippen molar-refractivity contribution in [1.82, 2.24) is 10.1 Å². The lowest BCUT2D eigenvalue weighted by Gasteiger charge is -2.22. The summed E-state index contributed by atoms with van der Waals surface area (Å²) in [6.07, 6.45) is 1.61. The fraction of sp³-hybridized carbons (Fsp3) is 0.217. The maximum Gasteiger partial charge on any atom is 0.519 e. The minimum absolute atomic E-state index is 0.116. The summed E-state index contributed by atoms with van der Waals surface area (Å²) in [6, 6.07) is 10.3. The molecule has 0 aliphatic carbocycles. The number of benzene rings is 1.